The molecule has 116 valence electrons. The van der Waals surface area contributed by atoms with Crippen LogP contribution in [0.1, 0.15) is 23.6 Å². The van der Waals surface area contributed by atoms with Crippen molar-refractivity contribution < 1.29 is 13.2 Å². The van der Waals surface area contributed by atoms with E-state index in [0.717, 1.165) is 0 Å². The molecule has 9 heteroatoms. The van der Waals surface area contributed by atoms with Gasteiger partial charge in [0.25, 0.3) is 5.56 Å². The lowest BCUT2D eigenvalue weighted by molar-refractivity contribution is -0.148. The number of H-pyrrole nitrogens is 2. The number of hydrogen-bond donors (Lipinski definition) is 2. The normalized spacial score (nSPS) is 20.9. The number of aryl methyl sites for hydroxylation is 1. The van der Waals surface area contributed by atoms with Crippen molar-refractivity contribution in [2.24, 2.45) is 5.92 Å². The molecule has 0 aliphatic heterocycles. The van der Waals surface area contributed by atoms with Gasteiger partial charge in [0.05, 0.1) is 17.2 Å². The highest BCUT2D eigenvalue weighted by molar-refractivity contribution is 5.57. The van der Waals surface area contributed by atoms with E-state index in [1.165, 1.54) is 12.3 Å². The summed E-state index contributed by atoms with van der Waals surface area (Å²) in [6.07, 6.45) is -3.06. The molecular formula is C13H11F3N4O2. The maximum atomic E-state index is 12.7. The van der Waals surface area contributed by atoms with Crippen molar-refractivity contribution in [1.82, 2.24) is 20.2 Å². The van der Waals surface area contributed by atoms with Crippen LogP contribution in [-0.2, 0) is 0 Å². The third kappa shape index (κ3) is 2.53. The zero-order valence-corrected chi connectivity index (χ0v) is 11.4. The highest BCUT2D eigenvalue weighted by Crippen LogP contribution is 2.56. The molecule has 2 aromatic rings. The van der Waals surface area contributed by atoms with Crippen LogP contribution in [0.3, 0.4) is 0 Å². The minimum atomic E-state index is -4.24. The Kier molecular flexibility index (Phi) is 3.15. The summed E-state index contributed by atoms with van der Waals surface area (Å²) in [5, 5.41) is 7.66. The van der Waals surface area contributed by atoms with Gasteiger partial charge in [0, 0.05) is 6.20 Å². The lowest BCUT2D eigenvalue weighted by Gasteiger charge is -2.08. The second-order valence-electron chi connectivity index (χ2n) is 5.25. The van der Waals surface area contributed by atoms with Crippen molar-refractivity contribution in [3.8, 4) is 11.3 Å². The van der Waals surface area contributed by atoms with E-state index in [9.17, 15) is 22.8 Å². The zero-order valence-electron chi connectivity index (χ0n) is 11.4. The van der Waals surface area contributed by atoms with E-state index in [4.69, 9.17) is 0 Å². The number of halogens is 3. The third-order valence-electron chi connectivity index (χ3n) is 3.72. The van der Waals surface area contributed by atoms with Gasteiger partial charge in [0.1, 0.15) is 5.69 Å². The SMILES string of the molecule is Cc1nnc(-c2c[nH]c(=O)[nH]c2=O)cc1C1CC1C(F)(F)F. The monoisotopic (exact) mass is 312 g/mol. The van der Waals surface area contributed by atoms with Gasteiger partial charge in [-0.2, -0.15) is 18.3 Å². The zero-order chi connectivity index (χ0) is 16.1. The largest absolute Gasteiger partial charge is 0.392 e. The summed E-state index contributed by atoms with van der Waals surface area (Å²) in [6.45, 7) is 1.58. The summed E-state index contributed by atoms with van der Waals surface area (Å²) in [5.41, 5.74) is -0.327. The van der Waals surface area contributed by atoms with Gasteiger partial charge in [0.15, 0.2) is 0 Å². The van der Waals surface area contributed by atoms with E-state index in [-0.39, 0.29) is 17.7 Å². The predicted octanol–water partition coefficient (Wildman–Crippen LogP) is 1.49. The second-order valence-corrected chi connectivity index (χ2v) is 5.25. The van der Waals surface area contributed by atoms with Gasteiger partial charge >= 0.3 is 11.9 Å². The van der Waals surface area contributed by atoms with E-state index in [0.29, 0.717) is 11.3 Å². The van der Waals surface area contributed by atoms with Gasteiger partial charge in [-0.05, 0) is 30.9 Å². The average Bonchev–Trinajstić information content (AvgIpc) is 3.20. The molecule has 1 fully saturated rings. The second kappa shape index (κ2) is 4.79. The Morgan fingerprint density at radius 3 is 2.59 bits per heavy atom. The first-order valence-corrected chi connectivity index (χ1v) is 6.50. The first-order valence-electron chi connectivity index (χ1n) is 6.50. The fourth-order valence-corrected chi connectivity index (χ4v) is 2.47. The Morgan fingerprint density at radius 1 is 1.27 bits per heavy atom. The molecular weight excluding hydrogens is 301 g/mol. The number of aromatic amines is 2. The Hall–Kier alpha value is -2.45. The molecule has 0 spiro atoms. The molecule has 0 amide bonds. The van der Waals surface area contributed by atoms with Gasteiger partial charge < -0.3 is 4.98 Å². The van der Waals surface area contributed by atoms with Crippen LogP contribution in [0.15, 0.2) is 21.9 Å². The fraction of sp³-hybridized carbons (Fsp3) is 0.385. The summed E-state index contributed by atoms with van der Waals surface area (Å²) < 4.78 is 38.1. The number of nitrogens with one attached hydrogen (secondary N) is 2. The van der Waals surface area contributed by atoms with Crippen LogP contribution in [0.25, 0.3) is 11.3 Å². The summed E-state index contributed by atoms with van der Waals surface area (Å²) in [7, 11) is 0. The highest BCUT2D eigenvalue weighted by Gasteiger charge is 2.56. The molecule has 1 aliphatic rings. The van der Waals surface area contributed by atoms with Crippen molar-refractivity contribution in [3.63, 3.8) is 0 Å². The molecule has 6 nitrogen and oxygen atoms in total. The van der Waals surface area contributed by atoms with E-state index >= 15 is 0 Å². The summed E-state index contributed by atoms with van der Waals surface area (Å²) in [4.78, 5) is 27.0. The molecule has 2 aromatic heterocycles. The van der Waals surface area contributed by atoms with Crippen LogP contribution in [0.5, 0.6) is 0 Å². The quantitative estimate of drug-likeness (QED) is 0.879. The number of rotatable bonds is 2. The molecule has 0 radical (unpaired) electrons. The van der Waals surface area contributed by atoms with Gasteiger partial charge in [0.2, 0.25) is 0 Å². The molecule has 1 saturated carbocycles. The molecule has 2 heterocycles. The van der Waals surface area contributed by atoms with Crippen LogP contribution >= 0.6 is 0 Å². The van der Waals surface area contributed by atoms with Crippen LogP contribution in [0.4, 0.5) is 13.2 Å². The Bertz CT molecular complexity index is 840. The molecule has 22 heavy (non-hydrogen) atoms. The third-order valence-corrected chi connectivity index (χ3v) is 3.72. The van der Waals surface area contributed by atoms with E-state index in [2.05, 4.69) is 15.2 Å². The first-order chi connectivity index (χ1) is 10.3. The van der Waals surface area contributed by atoms with E-state index < -0.39 is 29.3 Å². The molecule has 2 unspecified atom stereocenters. The van der Waals surface area contributed by atoms with Gasteiger partial charge in [-0.25, -0.2) is 4.79 Å². The maximum absolute atomic E-state index is 12.7. The first kappa shape index (κ1) is 14.5. The minimum absolute atomic E-state index is 0.0114. The molecule has 2 N–H and O–H groups in total. The Morgan fingerprint density at radius 2 is 2.00 bits per heavy atom. The van der Waals surface area contributed by atoms with Crippen molar-refractivity contribution in [1.29, 1.82) is 0 Å². The van der Waals surface area contributed by atoms with Gasteiger partial charge in [-0.3, -0.25) is 9.78 Å². The number of nitrogens with zero attached hydrogens (tertiary/aromatic N) is 2. The summed E-state index contributed by atoms with van der Waals surface area (Å²) >= 11 is 0. The molecule has 0 saturated heterocycles. The van der Waals surface area contributed by atoms with E-state index in [1.54, 1.807) is 6.92 Å². The molecule has 0 aromatic carbocycles. The van der Waals surface area contributed by atoms with Crippen LogP contribution < -0.4 is 11.2 Å². The molecule has 0 bridgehead atoms. The van der Waals surface area contributed by atoms with Crippen molar-refractivity contribution in [3.05, 3.63) is 44.4 Å². The van der Waals surface area contributed by atoms with Crippen molar-refractivity contribution in [2.75, 3.05) is 0 Å². The van der Waals surface area contributed by atoms with Crippen LogP contribution in [0, 0.1) is 12.8 Å². The highest BCUT2D eigenvalue weighted by atomic mass is 19.4. The predicted molar refractivity (Wildman–Crippen MR) is 70.3 cm³/mol. The lowest BCUT2D eigenvalue weighted by atomic mass is 10.1. The number of aromatic nitrogens is 4. The number of alkyl halides is 3. The molecule has 1 aliphatic carbocycles. The van der Waals surface area contributed by atoms with Gasteiger partial charge in [-0.1, -0.05) is 0 Å². The standard InChI is InChI=1S/C13H11F3N4O2/c1-5-6(7-2-9(7)13(14,15)16)3-10(20-19-5)8-4-17-12(22)18-11(8)21/h3-4,7,9H,2H2,1H3,(H2,17,18,21,22). The maximum Gasteiger partial charge on any atom is 0.392 e. The Balaban J connectivity index is 2.01. The minimum Gasteiger partial charge on any atom is -0.313 e. The average molecular weight is 312 g/mol. The summed E-state index contributed by atoms with van der Waals surface area (Å²) in [6, 6.07) is 1.43. The topological polar surface area (TPSA) is 91.5 Å². The van der Waals surface area contributed by atoms with Crippen molar-refractivity contribution in [2.45, 2.75) is 25.4 Å². The van der Waals surface area contributed by atoms with Crippen LogP contribution in [-0.4, -0.2) is 26.3 Å². The van der Waals surface area contributed by atoms with Crippen LogP contribution in [0.2, 0.25) is 0 Å². The molecule has 3 rings (SSSR count). The van der Waals surface area contributed by atoms with Gasteiger partial charge in [-0.15, -0.1) is 5.10 Å². The number of hydrogen-bond acceptors (Lipinski definition) is 4. The fourth-order valence-electron chi connectivity index (χ4n) is 2.47. The smallest absolute Gasteiger partial charge is 0.313 e. The summed E-state index contributed by atoms with van der Waals surface area (Å²) in [5.74, 6) is -2.03. The Labute approximate surface area is 121 Å². The van der Waals surface area contributed by atoms with E-state index in [1.807, 2.05) is 4.98 Å². The lowest BCUT2D eigenvalue weighted by Crippen LogP contribution is -2.23. The molecule has 2 atom stereocenters. The van der Waals surface area contributed by atoms with Crippen molar-refractivity contribution >= 4 is 0 Å².